The number of rotatable bonds is 3. The molecule has 0 aromatic carbocycles. The standard InChI is InChI=1S/C14H23NO2S/c1-2-12-10-15(6-3-13(12)16)14(17)9-11-4-7-18-8-5-11/h11-12H,2-10H2,1H3. The average molecular weight is 269 g/mol. The van der Waals surface area contributed by atoms with Crippen molar-refractivity contribution in [3.05, 3.63) is 0 Å². The fourth-order valence-electron chi connectivity index (χ4n) is 2.82. The van der Waals surface area contributed by atoms with Gasteiger partial charge in [0.05, 0.1) is 0 Å². The zero-order chi connectivity index (χ0) is 13.0. The third kappa shape index (κ3) is 3.50. The Morgan fingerprint density at radius 2 is 2.11 bits per heavy atom. The number of hydrogen-bond donors (Lipinski definition) is 0. The summed E-state index contributed by atoms with van der Waals surface area (Å²) in [7, 11) is 0. The smallest absolute Gasteiger partial charge is 0.222 e. The van der Waals surface area contributed by atoms with Crippen LogP contribution in [-0.4, -0.2) is 41.2 Å². The Hall–Kier alpha value is -0.510. The van der Waals surface area contributed by atoms with Crippen LogP contribution in [0.15, 0.2) is 0 Å². The van der Waals surface area contributed by atoms with Crippen molar-refractivity contribution in [3.8, 4) is 0 Å². The molecule has 1 amide bonds. The molecule has 2 saturated heterocycles. The lowest BCUT2D eigenvalue weighted by atomic mass is 9.92. The maximum atomic E-state index is 12.2. The van der Waals surface area contributed by atoms with Crippen molar-refractivity contribution in [1.29, 1.82) is 0 Å². The third-order valence-corrected chi connectivity index (χ3v) is 5.22. The van der Waals surface area contributed by atoms with Crippen molar-refractivity contribution in [2.24, 2.45) is 11.8 Å². The molecular formula is C14H23NO2S. The molecule has 0 spiro atoms. The van der Waals surface area contributed by atoms with Crippen LogP contribution in [-0.2, 0) is 9.59 Å². The van der Waals surface area contributed by atoms with Crippen LogP contribution < -0.4 is 0 Å². The second-order valence-corrected chi connectivity index (χ2v) is 6.65. The van der Waals surface area contributed by atoms with Gasteiger partial charge in [0.2, 0.25) is 5.91 Å². The van der Waals surface area contributed by atoms with Crippen molar-refractivity contribution in [2.75, 3.05) is 24.6 Å². The molecule has 2 aliphatic heterocycles. The normalized spacial score (nSPS) is 26.4. The molecule has 0 radical (unpaired) electrons. The van der Waals surface area contributed by atoms with Crippen LogP contribution in [0.4, 0.5) is 0 Å². The molecule has 1 atom stereocenters. The summed E-state index contributed by atoms with van der Waals surface area (Å²) in [6.07, 6.45) is 4.49. The predicted octanol–water partition coefficient (Wildman–Crippen LogP) is 2.35. The Bertz CT molecular complexity index is 313. The molecule has 0 aliphatic carbocycles. The average Bonchev–Trinajstić information content (AvgIpc) is 2.40. The molecule has 0 bridgehead atoms. The van der Waals surface area contributed by atoms with Crippen LogP contribution in [0.3, 0.4) is 0 Å². The van der Waals surface area contributed by atoms with Crippen LogP contribution in [0.2, 0.25) is 0 Å². The highest BCUT2D eigenvalue weighted by Crippen LogP contribution is 2.26. The molecule has 0 saturated carbocycles. The van der Waals surface area contributed by atoms with Gasteiger partial charge in [0.1, 0.15) is 5.78 Å². The maximum Gasteiger partial charge on any atom is 0.222 e. The number of Topliss-reactive ketones (excluding diaryl/α,β-unsaturated/α-hetero) is 1. The van der Waals surface area contributed by atoms with Crippen LogP contribution in [0.5, 0.6) is 0 Å². The van der Waals surface area contributed by atoms with E-state index in [0.29, 0.717) is 37.6 Å². The second-order valence-electron chi connectivity index (χ2n) is 5.42. The fraction of sp³-hybridized carbons (Fsp3) is 0.857. The Morgan fingerprint density at radius 3 is 2.78 bits per heavy atom. The van der Waals surface area contributed by atoms with Crippen LogP contribution in [0.1, 0.15) is 39.0 Å². The number of hydrogen-bond acceptors (Lipinski definition) is 3. The van der Waals surface area contributed by atoms with Crippen LogP contribution in [0.25, 0.3) is 0 Å². The molecule has 0 aromatic rings. The topological polar surface area (TPSA) is 37.4 Å². The summed E-state index contributed by atoms with van der Waals surface area (Å²) < 4.78 is 0. The molecule has 3 nitrogen and oxygen atoms in total. The van der Waals surface area contributed by atoms with Crippen molar-refractivity contribution in [2.45, 2.75) is 39.0 Å². The van der Waals surface area contributed by atoms with E-state index in [9.17, 15) is 9.59 Å². The molecule has 102 valence electrons. The minimum atomic E-state index is 0.0876. The number of carbonyl (C=O) groups is 2. The summed E-state index contributed by atoms with van der Waals surface area (Å²) >= 11 is 2.00. The van der Waals surface area contributed by atoms with E-state index in [-0.39, 0.29) is 11.8 Å². The van der Waals surface area contributed by atoms with E-state index in [4.69, 9.17) is 0 Å². The molecule has 2 heterocycles. The first-order valence-electron chi connectivity index (χ1n) is 7.09. The summed E-state index contributed by atoms with van der Waals surface area (Å²) in [5.74, 6) is 3.69. The summed E-state index contributed by atoms with van der Waals surface area (Å²) in [5, 5.41) is 0. The highest BCUT2D eigenvalue weighted by atomic mass is 32.2. The molecule has 2 rings (SSSR count). The van der Waals surface area contributed by atoms with E-state index >= 15 is 0 Å². The minimum absolute atomic E-state index is 0.0876. The van der Waals surface area contributed by atoms with Gasteiger partial charge in [-0.05, 0) is 36.7 Å². The van der Waals surface area contributed by atoms with Gasteiger partial charge in [0.15, 0.2) is 0 Å². The van der Waals surface area contributed by atoms with Gasteiger partial charge in [0, 0.05) is 31.8 Å². The van der Waals surface area contributed by atoms with Crippen LogP contribution in [0, 0.1) is 11.8 Å². The summed E-state index contributed by atoms with van der Waals surface area (Å²) in [5.41, 5.74) is 0. The molecule has 1 unspecified atom stereocenters. The third-order valence-electron chi connectivity index (χ3n) is 4.17. The first kappa shape index (κ1) is 13.9. The van der Waals surface area contributed by atoms with Crippen molar-refractivity contribution in [3.63, 3.8) is 0 Å². The number of amides is 1. The van der Waals surface area contributed by atoms with Gasteiger partial charge < -0.3 is 4.90 Å². The number of likely N-dealkylation sites (tertiary alicyclic amines) is 1. The lowest BCUT2D eigenvalue weighted by Crippen LogP contribution is -2.44. The number of thioether (sulfide) groups is 1. The van der Waals surface area contributed by atoms with Gasteiger partial charge in [-0.3, -0.25) is 9.59 Å². The van der Waals surface area contributed by atoms with Gasteiger partial charge in [-0.15, -0.1) is 0 Å². The number of piperidine rings is 1. The molecule has 18 heavy (non-hydrogen) atoms. The number of carbonyl (C=O) groups excluding carboxylic acids is 2. The second kappa shape index (κ2) is 6.60. The molecular weight excluding hydrogens is 246 g/mol. The van der Waals surface area contributed by atoms with E-state index in [1.54, 1.807) is 0 Å². The van der Waals surface area contributed by atoms with E-state index in [1.165, 1.54) is 24.3 Å². The quantitative estimate of drug-likeness (QED) is 0.789. The van der Waals surface area contributed by atoms with E-state index < -0.39 is 0 Å². The minimum Gasteiger partial charge on any atom is -0.342 e. The highest BCUT2D eigenvalue weighted by molar-refractivity contribution is 7.99. The number of ketones is 1. The lowest BCUT2D eigenvalue weighted by molar-refractivity contribution is -0.138. The van der Waals surface area contributed by atoms with E-state index in [2.05, 4.69) is 0 Å². The Labute approximate surface area is 114 Å². The molecule has 2 fully saturated rings. The highest BCUT2D eigenvalue weighted by Gasteiger charge is 2.29. The maximum absolute atomic E-state index is 12.2. The number of nitrogens with zero attached hydrogens (tertiary/aromatic N) is 1. The predicted molar refractivity (Wildman–Crippen MR) is 74.7 cm³/mol. The van der Waals surface area contributed by atoms with Gasteiger partial charge in [0.25, 0.3) is 0 Å². The summed E-state index contributed by atoms with van der Waals surface area (Å²) in [4.78, 5) is 25.8. The summed E-state index contributed by atoms with van der Waals surface area (Å²) in [6, 6.07) is 0. The largest absolute Gasteiger partial charge is 0.342 e. The van der Waals surface area contributed by atoms with Crippen LogP contribution >= 0.6 is 11.8 Å². The molecule has 4 heteroatoms. The zero-order valence-corrected chi connectivity index (χ0v) is 12.0. The lowest BCUT2D eigenvalue weighted by Gasteiger charge is -2.33. The molecule has 0 N–H and O–H groups in total. The van der Waals surface area contributed by atoms with E-state index in [1.807, 2.05) is 23.6 Å². The van der Waals surface area contributed by atoms with Crippen molar-refractivity contribution in [1.82, 2.24) is 4.90 Å². The first-order chi connectivity index (χ1) is 8.70. The Balaban J connectivity index is 1.83. The zero-order valence-electron chi connectivity index (χ0n) is 11.2. The monoisotopic (exact) mass is 269 g/mol. The van der Waals surface area contributed by atoms with E-state index in [0.717, 1.165) is 6.42 Å². The van der Waals surface area contributed by atoms with Crippen molar-refractivity contribution < 1.29 is 9.59 Å². The van der Waals surface area contributed by atoms with Gasteiger partial charge in [-0.2, -0.15) is 11.8 Å². The molecule has 2 aliphatic rings. The summed E-state index contributed by atoms with van der Waals surface area (Å²) in [6.45, 7) is 3.35. The van der Waals surface area contributed by atoms with Gasteiger partial charge >= 0.3 is 0 Å². The van der Waals surface area contributed by atoms with Gasteiger partial charge in [-0.25, -0.2) is 0 Å². The fourth-order valence-corrected chi connectivity index (χ4v) is 4.02. The Morgan fingerprint density at radius 1 is 1.39 bits per heavy atom. The SMILES string of the molecule is CCC1CN(C(=O)CC2CCSCC2)CCC1=O. The van der Waals surface area contributed by atoms with Crippen molar-refractivity contribution >= 4 is 23.5 Å². The van der Waals surface area contributed by atoms with Gasteiger partial charge in [-0.1, -0.05) is 6.92 Å². The Kier molecular flexibility index (Phi) is 5.10. The molecule has 0 aromatic heterocycles. The first-order valence-corrected chi connectivity index (χ1v) is 8.24.